The van der Waals surface area contributed by atoms with Crippen LogP contribution in [0.2, 0.25) is 0 Å². The van der Waals surface area contributed by atoms with Crippen LogP contribution in [0, 0.1) is 11.3 Å². The molecule has 1 atom stereocenters. The molecule has 1 aliphatic carbocycles. The SMILES string of the molecule is CCCSc1nnc(N2C(N)=C(C#N)C(c3ccc4ccccc4c3)C3=C2CCCC3=O)s1. The van der Waals surface area contributed by atoms with Crippen molar-refractivity contribution in [3.63, 3.8) is 0 Å². The number of carbonyl (C=O) groups excluding carboxylic acids is 1. The lowest BCUT2D eigenvalue weighted by molar-refractivity contribution is -0.116. The van der Waals surface area contributed by atoms with E-state index in [4.69, 9.17) is 5.73 Å². The molecule has 0 bridgehead atoms. The predicted octanol–water partition coefficient (Wildman–Crippen LogP) is 5.50. The molecule has 33 heavy (non-hydrogen) atoms. The third-order valence-electron chi connectivity index (χ3n) is 6.04. The molecule has 8 heteroatoms. The van der Waals surface area contributed by atoms with Gasteiger partial charge in [0.05, 0.1) is 17.6 Å². The largest absolute Gasteiger partial charge is 0.384 e. The number of aromatic nitrogens is 2. The molecule has 2 N–H and O–H groups in total. The van der Waals surface area contributed by atoms with Crippen molar-refractivity contribution < 1.29 is 4.79 Å². The highest BCUT2D eigenvalue weighted by Gasteiger charge is 2.41. The maximum Gasteiger partial charge on any atom is 0.219 e. The van der Waals surface area contributed by atoms with E-state index in [-0.39, 0.29) is 5.78 Å². The zero-order valence-electron chi connectivity index (χ0n) is 18.2. The number of carbonyl (C=O) groups is 1. The molecule has 0 amide bonds. The molecule has 0 fully saturated rings. The Morgan fingerprint density at radius 1 is 1.21 bits per heavy atom. The Kier molecular flexibility index (Phi) is 5.92. The van der Waals surface area contributed by atoms with Gasteiger partial charge in [0.25, 0.3) is 0 Å². The fourth-order valence-electron chi connectivity index (χ4n) is 4.57. The molecule has 2 aliphatic rings. The molecule has 0 radical (unpaired) electrons. The molecule has 3 aromatic rings. The van der Waals surface area contributed by atoms with E-state index in [1.165, 1.54) is 11.3 Å². The molecule has 166 valence electrons. The number of fused-ring (bicyclic) bond motifs is 1. The van der Waals surface area contributed by atoms with Crippen LogP contribution in [-0.4, -0.2) is 21.7 Å². The Balaban J connectivity index is 1.66. The van der Waals surface area contributed by atoms with Crippen LogP contribution in [0.5, 0.6) is 0 Å². The maximum atomic E-state index is 13.3. The second kappa shape index (κ2) is 9.00. The van der Waals surface area contributed by atoms with Crippen LogP contribution < -0.4 is 10.6 Å². The van der Waals surface area contributed by atoms with Gasteiger partial charge in [0.15, 0.2) is 10.1 Å². The summed E-state index contributed by atoms with van der Waals surface area (Å²) < 4.78 is 0.860. The zero-order valence-corrected chi connectivity index (χ0v) is 19.9. The first-order valence-corrected chi connectivity index (χ1v) is 12.8. The highest BCUT2D eigenvalue weighted by atomic mass is 32.2. The summed E-state index contributed by atoms with van der Waals surface area (Å²) in [5.41, 5.74) is 9.45. The summed E-state index contributed by atoms with van der Waals surface area (Å²) in [5, 5.41) is 21.7. The van der Waals surface area contributed by atoms with Gasteiger partial charge in [-0.25, -0.2) is 0 Å². The Morgan fingerprint density at radius 2 is 2.03 bits per heavy atom. The monoisotopic (exact) mass is 473 g/mol. The number of benzene rings is 2. The third kappa shape index (κ3) is 3.81. The Hall–Kier alpha value is -3.15. The molecular weight excluding hydrogens is 450 g/mol. The van der Waals surface area contributed by atoms with Gasteiger partial charge in [-0.2, -0.15) is 5.26 Å². The summed E-state index contributed by atoms with van der Waals surface area (Å²) in [5.74, 6) is 0.900. The van der Waals surface area contributed by atoms with E-state index in [9.17, 15) is 10.1 Å². The van der Waals surface area contributed by atoms with Crippen molar-refractivity contribution in [2.75, 3.05) is 10.7 Å². The Morgan fingerprint density at radius 3 is 2.82 bits per heavy atom. The Labute approximate surface area is 200 Å². The minimum atomic E-state index is -0.472. The van der Waals surface area contributed by atoms with Gasteiger partial charge in [-0.15, -0.1) is 10.2 Å². The van der Waals surface area contributed by atoms with Crippen molar-refractivity contribution in [2.24, 2.45) is 5.73 Å². The van der Waals surface area contributed by atoms with E-state index in [0.29, 0.717) is 34.9 Å². The van der Waals surface area contributed by atoms with Crippen molar-refractivity contribution in [2.45, 2.75) is 42.9 Å². The molecule has 0 spiro atoms. The summed E-state index contributed by atoms with van der Waals surface area (Å²) in [6.07, 6.45) is 2.98. The first kappa shape index (κ1) is 21.7. The third-order valence-corrected chi connectivity index (χ3v) is 8.28. The number of rotatable bonds is 5. The smallest absolute Gasteiger partial charge is 0.219 e. The van der Waals surface area contributed by atoms with Gasteiger partial charge in [-0.3, -0.25) is 9.69 Å². The first-order chi connectivity index (χ1) is 16.1. The van der Waals surface area contributed by atoms with Gasteiger partial charge < -0.3 is 5.73 Å². The van der Waals surface area contributed by atoms with Gasteiger partial charge in [-0.05, 0) is 35.6 Å². The van der Waals surface area contributed by atoms with Crippen LogP contribution in [0.3, 0.4) is 0 Å². The lowest BCUT2D eigenvalue weighted by atomic mass is 9.75. The molecule has 1 aliphatic heterocycles. The molecule has 1 aromatic heterocycles. The molecule has 0 saturated heterocycles. The van der Waals surface area contributed by atoms with E-state index in [1.54, 1.807) is 16.7 Å². The molecule has 6 nitrogen and oxygen atoms in total. The van der Waals surface area contributed by atoms with E-state index >= 15 is 0 Å². The number of thioether (sulfide) groups is 1. The van der Waals surface area contributed by atoms with E-state index < -0.39 is 5.92 Å². The standard InChI is InChI=1S/C25H23N5OS2/c1-2-12-32-25-29-28-24(33-25)30-19-8-5-9-20(31)22(19)21(18(14-26)23(30)27)17-11-10-15-6-3-4-7-16(15)13-17/h3-4,6-7,10-11,13,21H,2,5,8-9,12,27H2,1H3. The second-order valence-corrected chi connectivity index (χ2v) is 10.4. The summed E-state index contributed by atoms with van der Waals surface area (Å²) >= 11 is 3.10. The van der Waals surface area contributed by atoms with Crippen molar-refractivity contribution in [1.82, 2.24) is 10.2 Å². The number of hydrogen-bond acceptors (Lipinski definition) is 8. The van der Waals surface area contributed by atoms with Crippen LogP contribution in [0.4, 0.5) is 5.13 Å². The average molecular weight is 474 g/mol. The van der Waals surface area contributed by atoms with Crippen LogP contribution in [0.25, 0.3) is 10.8 Å². The molecule has 1 unspecified atom stereocenters. The van der Waals surface area contributed by atoms with Gasteiger partial charge in [-0.1, -0.05) is 72.5 Å². The van der Waals surface area contributed by atoms with Gasteiger partial charge in [0.2, 0.25) is 5.13 Å². The summed E-state index contributed by atoms with van der Waals surface area (Å²) in [6, 6.07) is 16.5. The van der Waals surface area contributed by atoms with Crippen LogP contribution in [-0.2, 0) is 4.79 Å². The minimum absolute atomic E-state index is 0.0738. The molecule has 5 rings (SSSR count). The van der Waals surface area contributed by atoms with Crippen LogP contribution in [0.1, 0.15) is 44.1 Å². The van der Waals surface area contributed by atoms with Gasteiger partial charge in [0.1, 0.15) is 5.82 Å². The predicted molar refractivity (Wildman–Crippen MR) is 133 cm³/mol. The number of Topliss-reactive ketones (excluding diaryl/α,β-unsaturated/α-hetero) is 1. The number of anilines is 1. The van der Waals surface area contributed by atoms with Gasteiger partial charge >= 0.3 is 0 Å². The van der Waals surface area contributed by atoms with Crippen molar-refractivity contribution in [3.8, 4) is 6.07 Å². The van der Waals surface area contributed by atoms with Crippen LogP contribution in [0.15, 0.2) is 69.5 Å². The zero-order chi connectivity index (χ0) is 22.9. The van der Waals surface area contributed by atoms with Gasteiger partial charge in [0, 0.05) is 23.4 Å². The number of ketones is 1. The highest BCUT2D eigenvalue weighted by molar-refractivity contribution is 8.01. The molecular formula is C25H23N5OS2. The molecule has 2 heterocycles. The number of nitriles is 1. The fraction of sp³-hybridized carbons (Fsp3) is 0.280. The number of hydrogen-bond donors (Lipinski definition) is 1. The quantitative estimate of drug-likeness (QED) is 0.489. The van der Waals surface area contributed by atoms with E-state index in [0.717, 1.165) is 45.0 Å². The topological polar surface area (TPSA) is 95.9 Å². The highest BCUT2D eigenvalue weighted by Crippen LogP contribution is 2.47. The summed E-state index contributed by atoms with van der Waals surface area (Å²) in [7, 11) is 0. The minimum Gasteiger partial charge on any atom is -0.384 e. The van der Waals surface area contributed by atoms with Crippen molar-refractivity contribution >= 4 is 44.8 Å². The lowest BCUT2D eigenvalue weighted by Gasteiger charge is -2.38. The van der Waals surface area contributed by atoms with Crippen molar-refractivity contribution in [1.29, 1.82) is 5.26 Å². The summed E-state index contributed by atoms with van der Waals surface area (Å²) in [6.45, 7) is 2.12. The fourth-order valence-corrected chi connectivity index (χ4v) is 6.37. The number of nitrogens with two attached hydrogens (primary N) is 1. The first-order valence-electron chi connectivity index (χ1n) is 11.0. The second-order valence-electron chi connectivity index (χ2n) is 8.12. The average Bonchev–Trinajstić information content (AvgIpc) is 3.30. The maximum absolute atomic E-state index is 13.3. The van der Waals surface area contributed by atoms with E-state index in [1.807, 2.05) is 30.3 Å². The van der Waals surface area contributed by atoms with Crippen LogP contribution >= 0.6 is 23.1 Å². The summed E-state index contributed by atoms with van der Waals surface area (Å²) in [4.78, 5) is 15.1. The number of allylic oxidation sites excluding steroid dienone is 3. The normalized spacial score (nSPS) is 18.6. The van der Waals surface area contributed by atoms with E-state index in [2.05, 4.69) is 35.3 Å². The molecule has 2 aromatic carbocycles. The lowest BCUT2D eigenvalue weighted by Crippen LogP contribution is -2.38. The molecule has 0 saturated carbocycles. The Bertz CT molecular complexity index is 1350. The number of nitrogens with zero attached hydrogens (tertiary/aromatic N) is 4. The van der Waals surface area contributed by atoms with Crippen molar-refractivity contribution in [3.05, 3.63) is 70.7 Å².